The van der Waals surface area contributed by atoms with Crippen LogP contribution in [0, 0.1) is 17.8 Å². The summed E-state index contributed by atoms with van der Waals surface area (Å²) in [5.74, 6) is -1.27. The monoisotopic (exact) mass is 392 g/mol. The Morgan fingerprint density at radius 2 is 2.04 bits per heavy atom. The Morgan fingerprint density at radius 1 is 1.41 bits per heavy atom. The lowest BCUT2D eigenvalue weighted by Gasteiger charge is -2.44. The van der Waals surface area contributed by atoms with Gasteiger partial charge in [-0.2, -0.15) is 0 Å². The Balaban J connectivity index is 2.01. The Labute approximate surface area is 162 Å². The number of carbonyl (C=O) groups excluding carboxylic acids is 2. The quantitative estimate of drug-likeness (QED) is 0.586. The molecule has 1 saturated heterocycles. The molecule has 0 unspecified atom stereocenters. The van der Waals surface area contributed by atoms with E-state index in [0.29, 0.717) is 17.6 Å². The Kier molecular flexibility index (Phi) is 4.85. The van der Waals surface area contributed by atoms with Crippen molar-refractivity contribution < 1.29 is 23.9 Å². The fourth-order valence-electron chi connectivity index (χ4n) is 4.48. The van der Waals surface area contributed by atoms with Crippen LogP contribution in [0.2, 0.25) is 18.1 Å². The van der Waals surface area contributed by atoms with Gasteiger partial charge < -0.3 is 14.3 Å². The van der Waals surface area contributed by atoms with Gasteiger partial charge in [-0.15, -0.1) is 0 Å². The number of ether oxygens (including phenoxy) is 1. The Morgan fingerprint density at radius 3 is 2.59 bits per heavy atom. The minimum absolute atomic E-state index is 0.000353. The highest BCUT2D eigenvalue weighted by Gasteiger charge is 2.66. The Hall–Kier alpha value is -1.24. The normalized spacial score (nSPS) is 36.6. The largest absolute Gasteiger partial charge is 0.458 e. The molecule has 0 aromatic heterocycles. The molecule has 0 aromatic carbocycles. The maximum atomic E-state index is 13.2. The summed E-state index contributed by atoms with van der Waals surface area (Å²) in [5, 5.41) is 9.36. The minimum Gasteiger partial charge on any atom is -0.458 e. The van der Waals surface area contributed by atoms with Crippen LogP contribution in [0.15, 0.2) is 23.3 Å². The van der Waals surface area contributed by atoms with E-state index in [2.05, 4.69) is 33.9 Å². The van der Waals surface area contributed by atoms with Gasteiger partial charge in [-0.3, -0.25) is 9.59 Å². The van der Waals surface area contributed by atoms with Gasteiger partial charge in [0.15, 0.2) is 14.1 Å². The predicted octanol–water partition coefficient (Wildman–Crippen LogP) is 3.39. The zero-order valence-corrected chi connectivity index (χ0v) is 18.5. The second-order valence-corrected chi connectivity index (χ2v) is 14.8. The van der Waals surface area contributed by atoms with Gasteiger partial charge >= 0.3 is 5.97 Å². The Bertz CT molecular complexity index is 729. The summed E-state index contributed by atoms with van der Waals surface area (Å²) in [5.41, 5.74) is 0.404. The molecule has 0 radical (unpaired) electrons. The van der Waals surface area contributed by atoms with E-state index < -0.39 is 19.8 Å². The average Bonchev–Trinajstić information content (AvgIpc) is 2.74. The summed E-state index contributed by atoms with van der Waals surface area (Å²) < 4.78 is 12.5. The molecular formula is C21H32O5Si. The molecule has 3 rings (SSSR count). The molecule has 1 saturated carbocycles. The fraction of sp³-hybridized carbons (Fsp3) is 0.714. The van der Waals surface area contributed by atoms with Crippen LogP contribution in [0.1, 0.15) is 41.0 Å². The molecular weight excluding hydrogens is 360 g/mol. The highest BCUT2D eigenvalue weighted by atomic mass is 28.4. The fourth-order valence-corrected chi connectivity index (χ4v) is 5.83. The number of hydrogen-bond acceptors (Lipinski definition) is 5. The summed E-state index contributed by atoms with van der Waals surface area (Å²) in [7, 11) is -2.05. The van der Waals surface area contributed by atoms with E-state index in [-0.39, 0.29) is 41.3 Å². The van der Waals surface area contributed by atoms with Crippen LogP contribution in [-0.4, -0.2) is 43.5 Å². The summed E-state index contributed by atoms with van der Waals surface area (Å²) in [6.45, 7) is 14.5. The van der Waals surface area contributed by atoms with Crippen molar-refractivity contribution in [3.05, 3.63) is 23.3 Å². The maximum Gasteiger partial charge on any atom is 0.313 e. The van der Waals surface area contributed by atoms with Gasteiger partial charge in [0.25, 0.3) is 0 Å². The van der Waals surface area contributed by atoms with E-state index in [1.54, 1.807) is 19.1 Å². The van der Waals surface area contributed by atoms with Crippen molar-refractivity contribution in [2.75, 3.05) is 6.61 Å². The van der Waals surface area contributed by atoms with Crippen LogP contribution in [0.25, 0.3) is 0 Å². The number of aliphatic hydroxyl groups is 1. The SMILES string of the molecule is C/C(=C\C1=C[C@@H]2C(=O)O[C@@]3(C)C[C@@H](O[Si](C)(C)C(C)(C)C)[C@@H]2[C@H]3C1=O)CO. The standard InChI is InChI=1S/C21H32O5Si/c1-12(11-22)8-13-9-14-16-15(26-27(6,7)20(2,3)4)10-21(5,25-19(14)24)17(16)18(13)23/h8-9,14-17,22H,10-11H2,1-7H3/b12-8+/t14-,15+,16+,17-,21-/m0/s1. The lowest BCUT2D eigenvalue weighted by molar-refractivity contribution is -0.179. The van der Waals surface area contributed by atoms with E-state index in [1.807, 2.05) is 6.92 Å². The number of hydrogen-bond donors (Lipinski definition) is 1. The van der Waals surface area contributed by atoms with Crippen LogP contribution >= 0.6 is 0 Å². The molecule has 4 bridgehead atoms. The van der Waals surface area contributed by atoms with Crippen LogP contribution in [0.3, 0.4) is 0 Å². The van der Waals surface area contributed by atoms with Gasteiger partial charge in [-0.25, -0.2) is 0 Å². The highest BCUT2D eigenvalue weighted by Crippen LogP contribution is 2.57. The molecule has 1 aliphatic heterocycles. The predicted molar refractivity (Wildman–Crippen MR) is 106 cm³/mol. The van der Waals surface area contributed by atoms with Crippen molar-refractivity contribution in [1.29, 1.82) is 0 Å². The van der Waals surface area contributed by atoms with Gasteiger partial charge in [0.2, 0.25) is 0 Å². The third-order valence-corrected chi connectivity index (χ3v) is 11.4. The average molecular weight is 393 g/mol. The number of rotatable bonds is 4. The van der Waals surface area contributed by atoms with E-state index in [9.17, 15) is 14.7 Å². The molecule has 5 atom stereocenters. The first-order valence-electron chi connectivity index (χ1n) is 9.75. The van der Waals surface area contributed by atoms with Crippen LogP contribution in [0.5, 0.6) is 0 Å². The first kappa shape index (κ1) is 20.5. The van der Waals surface area contributed by atoms with Gasteiger partial charge in [-0.05, 0) is 37.6 Å². The van der Waals surface area contributed by atoms with E-state index >= 15 is 0 Å². The highest BCUT2D eigenvalue weighted by molar-refractivity contribution is 6.74. The zero-order valence-electron chi connectivity index (χ0n) is 17.5. The lowest BCUT2D eigenvalue weighted by atomic mass is 9.68. The van der Waals surface area contributed by atoms with Gasteiger partial charge in [0.1, 0.15) is 5.60 Å². The number of esters is 1. The maximum absolute atomic E-state index is 13.2. The van der Waals surface area contributed by atoms with Crippen molar-refractivity contribution in [3.8, 4) is 0 Å². The van der Waals surface area contributed by atoms with Crippen molar-refractivity contribution >= 4 is 20.1 Å². The smallest absolute Gasteiger partial charge is 0.313 e. The van der Waals surface area contributed by atoms with E-state index in [1.165, 1.54) is 0 Å². The third-order valence-electron chi connectivity index (χ3n) is 6.93. The van der Waals surface area contributed by atoms with Crippen molar-refractivity contribution in [2.24, 2.45) is 17.8 Å². The van der Waals surface area contributed by atoms with E-state index in [0.717, 1.165) is 0 Å². The molecule has 6 heteroatoms. The van der Waals surface area contributed by atoms with Crippen LogP contribution < -0.4 is 0 Å². The van der Waals surface area contributed by atoms with Gasteiger partial charge in [-0.1, -0.05) is 32.9 Å². The second-order valence-electron chi connectivity index (χ2n) is 10.1. The van der Waals surface area contributed by atoms with Gasteiger partial charge in [0.05, 0.1) is 24.5 Å². The molecule has 1 N–H and O–H groups in total. The number of ketones is 1. The number of allylic oxidation sites excluding steroid dienone is 2. The molecule has 0 amide bonds. The number of carbonyl (C=O) groups is 2. The topological polar surface area (TPSA) is 72.8 Å². The van der Waals surface area contributed by atoms with Gasteiger partial charge in [0, 0.05) is 17.9 Å². The summed E-state index contributed by atoms with van der Waals surface area (Å²) in [6, 6.07) is 0. The first-order chi connectivity index (χ1) is 12.3. The molecule has 150 valence electrons. The van der Waals surface area contributed by atoms with Crippen molar-refractivity contribution in [1.82, 2.24) is 0 Å². The molecule has 0 aromatic rings. The van der Waals surface area contributed by atoms with Crippen LogP contribution in [-0.2, 0) is 18.8 Å². The third kappa shape index (κ3) is 3.26. The van der Waals surface area contributed by atoms with Crippen molar-refractivity contribution in [3.63, 3.8) is 0 Å². The molecule has 0 spiro atoms. The summed E-state index contributed by atoms with van der Waals surface area (Å²) in [6.07, 6.45) is 3.85. The molecule has 5 nitrogen and oxygen atoms in total. The minimum atomic E-state index is -2.05. The number of Topliss-reactive ketones (excluding diaryl/α,β-unsaturated/α-hetero) is 1. The molecule has 27 heavy (non-hydrogen) atoms. The molecule has 3 aliphatic rings. The second kappa shape index (κ2) is 6.39. The lowest BCUT2D eigenvalue weighted by Crippen LogP contribution is -2.54. The zero-order chi connectivity index (χ0) is 20.4. The van der Waals surface area contributed by atoms with E-state index in [4.69, 9.17) is 9.16 Å². The molecule has 2 aliphatic carbocycles. The van der Waals surface area contributed by atoms with Crippen molar-refractivity contribution in [2.45, 2.75) is 70.9 Å². The summed E-state index contributed by atoms with van der Waals surface area (Å²) in [4.78, 5) is 25.9. The van der Waals surface area contributed by atoms with Crippen LogP contribution in [0.4, 0.5) is 0 Å². The number of aliphatic hydroxyl groups excluding tert-OH is 1. The molecule has 2 fully saturated rings. The summed E-state index contributed by atoms with van der Waals surface area (Å²) >= 11 is 0. The molecule has 1 heterocycles. The first-order valence-corrected chi connectivity index (χ1v) is 12.7.